The Bertz CT molecular complexity index is 1350. The zero-order valence-electron chi connectivity index (χ0n) is 19.1. The first-order chi connectivity index (χ1) is 16.3. The van der Waals surface area contributed by atoms with Crippen LogP contribution in [0.15, 0.2) is 17.0 Å². The molecule has 0 fully saturated rings. The van der Waals surface area contributed by atoms with Gasteiger partial charge in [0.25, 0.3) is 0 Å². The molecule has 0 amide bonds. The molecule has 1 heterocycles. The van der Waals surface area contributed by atoms with Crippen molar-refractivity contribution in [1.82, 2.24) is 14.7 Å². The molecule has 1 aromatic heterocycles. The molecule has 1 aromatic carbocycles. The molecule has 0 spiro atoms. The predicted octanol–water partition coefficient (Wildman–Crippen LogP) is 6.36. The molecule has 2 aromatic rings. The second-order valence-electron chi connectivity index (χ2n) is 7.94. The predicted molar refractivity (Wildman–Crippen MR) is 125 cm³/mol. The largest absolute Gasteiger partial charge is 0.407 e. The molecule has 0 radical (unpaired) electrons. The highest BCUT2D eigenvalue weighted by atomic mass is 35.5. The van der Waals surface area contributed by atoms with Crippen LogP contribution in [-0.4, -0.2) is 62.3 Å². The number of halogens is 10. The third-order valence-electron chi connectivity index (χ3n) is 4.71. The van der Waals surface area contributed by atoms with E-state index in [0.29, 0.717) is 10.9 Å². The van der Waals surface area contributed by atoms with Gasteiger partial charge in [0.2, 0.25) is 10.0 Å². The highest BCUT2D eigenvalue weighted by Gasteiger charge is 2.65. The maximum atomic E-state index is 13.3. The highest BCUT2D eigenvalue weighted by Crippen LogP contribution is 3.02. The Morgan fingerprint density at radius 3 is 2.00 bits per heavy atom. The Balaban J connectivity index is 3.02. The van der Waals surface area contributed by atoms with Gasteiger partial charge in [0.15, 0.2) is 11.5 Å². The molecular weight excluding hydrogens is 607 g/mol. The number of sulfonamides is 1. The summed E-state index contributed by atoms with van der Waals surface area (Å²) in [7, 11) is -12.0. The monoisotopic (exact) mass is 624 g/mol. The minimum Gasteiger partial charge on any atom is -0.353 e. The first-order valence-corrected chi connectivity index (χ1v) is 14.1. The van der Waals surface area contributed by atoms with Crippen LogP contribution in [0.5, 0.6) is 0 Å². The van der Waals surface area contributed by atoms with Crippen molar-refractivity contribution in [2.75, 3.05) is 36.5 Å². The SMILES string of the molecule is CC(Nc1c(N(CC(F)(F)F)S(C)(=O)=O)c(C#N)nn1-c1c(Cl)cc(S(F)(F)(F)(F)F)cc1Cl)N(C)C. The van der Waals surface area contributed by atoms with Crippen molar-refractivity contribution in [3.8, 4) is 11.8 Å². The van der Waals surface area contributed by atoms with Crippen molar-refractivity contribution < 1.29 is 41.0 Å². The van der Waals surface area contributed by atoms with Crippen LogP contribution < -0.4 is 9.62 Å². The number of hydrogen-bond donors (Lipinski definition) is 1. The van der Waals surface area contributed by atoms with Gasteiger partial charge in [-0.1, -0.05) is 42.6 Å². The topological polar surface area (TPSA) is 94.3 Å². The molecule has 0 aliphatic heterocycles. The number of anilines is 2. The molecule has 2 rings (SSSR count). The summed E-state index contributed by atoms with van der Waals surface area (Å²) in [5, 5.41) is 13.7. The maximum absolute atomic E-state index is 13.3. The van der Waals surface area contributed by atoms with Gasteiger partial charge in [0.1, 0.15) is 28.9 Å². The van der Waals surface area contributed by atoms with Crippen LogP contribution in [0.3, 0.4) is 0 Å². The molecule has 8 nitrogen and oxygen atoms in total. The Morgan fingerprint density at radius 2 is 1.65 bits per heavy atom. The van der Waals surface area contributed by atoms with E-state index in [9.17, 15) is 46.3 Å². The minimum absolute atomic E-state index is 0.166. The minimum atomic E-state index is -10.3. The number of benzene rings is 1. The van der Waals surface area contributed by atoms with Crippen LogP contribution in [0.4, 0.5) is 44.1 Å². The zero-order valence-corrected chi connectivity index (χ0v) is 22.2. The number of hydrogen-bond acceptors (Lipinski definition) is 6. The normalized spacial score (nSPS) is 15.6. The summed E-state index contributed by atoms with van der Waals surface area (Å²) in [5.74, 6) is -0.656. The van der Waals surface area contributed by atoms with Gasteiger partial charge in [-0.25, -0.2) is 13.1 Å². The van der Waals surface area contributed by atoms with Gasteiger partial charge < -0.3 is 5.32 Å². The van der Waals surface area contributed by atoms with E-state index in [2.05, 4.69) is 10.4 Å². The van der Waals surface area contributed by atoms with E-state index in [1.807, 2.05) is 0 Å². The van der Waals surface area contributed by atoms with Gasteiger partial charge in [-0.05, 0) is 33.2 Å². The summed E-state index contributed by atoms with van der Waals surface area (Å²) in [6.07, 6.45) is -5.52. The van der Waals surface area contributed by atoms with Crippen molar-refractivity contribution in [2.45, 2.75) is 24.2 Å². The fourth-order valence-electron chi connectivity index (χ4n) is 2.83. The van der Waals surface area contributed by atoms with E-state index in [1.165, 1.54) is 32.0 Å². The molecule has 20 heteroatoms. The molecule has 37 heavy (non-hydrogen) atoms. The molecule has 1 N–H and O–H groups in total. The highest BCUT2D eigenvalue weighted by molar-refractivity contribution is 8.45. The lowest BCUT2D eigenvalue weighted by Crippen LogP contribution is -2.40. The fourth-order valence-corrected chi connectivity index (χ4v) is 5.18. The van der Waals surface area contributed by atoms with Crippen molar-refractivity contribution in [2.24, 2.45) is 0 Å². The van der Waals surface area contributed by atoms with Crippen LogP contribution in [0.25, 0.3) is 5.69 Å². The van der Waals surface area contributed by atoms with Crippen molar-refractivity contribution in [3.63, 3.8) is 0 Å². The number of nitrogens with zero attached hydrogens (tertiary/aromatic N) is 5. The maximum Gasteiger partial charge on any atom is 0.407 e. The number of alkyl halides is 3. The van der Waals surface area contributed by atoms with Crippen LogP contribution in [0, 0.1) is 11.3 Å². The molecule has 0 aliphatic rings. The van der Waals surface area contributed by atoms with E-state index in [-0.39, 0.29) is 16.4 Å². The molecule has 1 atom stereocenters. The van der Waals surface area contributed by atoms with Crippen molar-refractivity contribution >= 4 is 55.0 Å². The van der Waals surface area contributed by atoms with Crippen LogP contribution in [0.1, 0.15) is 12.6 Å². The van der Waals surface area contributed by atoms with E-state index in [1.54, 1.807) is 0 Å². The smallest absolute Gasteiger partial charge is 0.353 e. The summed E-state index contributed by atoms with van der Waals surface area (Å²) in [4.78, 5) is -1.01. The molecule has 210 valence electrons. The molecule has 0 saturated heterocycles. The number of nitrogens with one attached hydrogen (secondary N) is 1. The third kappa shape index (κ3) is 7.22. The lowest BCUT2D eigenvalue weighted by atomic mass is 10.3. The first kappa shape index (κ1) is 31.0. The summed E-state index contributed by atoms with van der Waals surface area (Å²) in [6, 6.07) is 1.08. The molecular formula is C17H18Cl2F8N6O2S2. The standard InChI is InChI=1S/C17H18Cl2F8N6O2S2/c1-9(31(2)3)29-16-15(32(36(4,34)35)8-17(20,21)22)13(7-28)30-33(16)14-11(18)5-10(6-12(14)19)37(23,24,25,26)27/h5-6,9,29H,8H2,1-4H3. The average molecular weight is 625 g/mol. The number of nitriles is 1. The summed E-state index contributed by atoms with van der Waals surface area (Å²) in [5.41, 5.74) is -2.60. The lowest BCUT2D eigenvalue weighted by Gasteiger charge is -2.40. The Morgan fingerprint density at radius 1 is 1.16 bits per heavy atom. The molecule has 0 bridgehead atoms. The molecule has 0 aliphatic carbocycles. The number of aromatic nitrogens is 2. The van der Waals surface area contributed by atoms with Crippen LogP contribution in [-0.2, 0) is 10.0 Å². The van der Waals surface area contributed by atoms with Gasteiger partial charge in [0.05, 0.1) is 22.5 Å². The van der Waals surface area contributed by atoms with Gasteiger partial charge in [0, 0.05) is 0 Å². The second kappa shape index (κ2) is 8.93. The van der Waals surface area contributed by atoms with Crippen LogP contribution >= 0.6 is 33.4 Å². The Kier molecular flexibility index (Phi) is 7.49. The van der Waals surface area contributed by atoms with E-state index in [0.717, 1.165) is 0 Å². The first-order valence-electron chi connectivity index (χ1n) is 9.51. The summed E-state index contributed by atoms with van der Waals surface area (Å²) < 4.78 is 131. The van der Waals surface area contributed by atoms with E-state index >= 15 is 0 Å². The summed E-state index contributed by atoms with van der Waals surface area (Å²) >= 11 is 11.7. The lowest BCUT2D eigenvalue weighted by molar-refractivity contribution is -0.117. The zero-order chi connectivity index (χ0) is 29.0. The quantitative estimate of drug-likeness (QED) is 0.271. The Hall–Kier alpha value is -2.20. The van der Waals surface area contributed by atoms with Crippen LogP contribution in [0.2, 0.25) is 10.0 Å². The van der Waals surface area contributed by atoms with Gasteiger partial charge >= 0.3 is 16.4 Å². The van der Waals surface area contributed by atoms with Crippen molar-refractivity contribution in [3.05, 3.63) is 27.9 Å². The third-order valence-corrected chi connectivity index (χ3v) is 7.52. The Labute approximate surface area is 216 Å². The van der Waals surface area contributed by atoms with Gasteiger partial charge in [-0.3, -0.25) is 9.21 Å². The fraction of sp³-hybridized carbons (Fsp3) is 0.412. The average Bonchev–Trinajstić information content (AvgIpc) is 2.99. The number of rotatable bonds is 8. The molecule has 1 unspecified atom stereocenters. The van der Waals surface area contributed by atoms with E-state index in [4.69, 9.17) is 23.2 Å². The van der Waals surface area contributed by atoms with Gasteiger partial charge in [-0.2, -0.15) is 23.5 Å². The molecule has 0 saturated carbocycles. The van der Waals surface area contributed by atoms with Gasteiger partial charge in [-0.15, -0.1) is 0 Å². The summed E-state index contributed by atoms with van der Waals surface area (Å²) in [6.45, 7) is -0.663. The second-order valence-corrected chi connectivity index (χ2v) is 13.1. The van der Waals surface area contributed by atoms with E-state index < -0.39 is 77.0 Å². The van der Waals surface area contributed by atoms with Crippen molar-refractivity contribution in [1.29, 1.82) is 5.26 Å².